The molecule has 0 aliphatic rings. The van der Waals surface area contributed by atoms with E-state index in [0.29, 0.717) is 32.1 Å². The summed E-state index contributed by atoms with van der Waals surface area (Å²) in [4.78, 5) is 24.3. The van der Waals surface area contributed by atoms with Crippen LogP contribution in [0.2, 0.25) is 5.02 Å². The first-order chi connectivity index (χ1) is 14.9. The highest BCUT2D eigenvalue weighted by Gasteiger charge is 2.14. The van der Waals surface area contributed by atoms with Gasteiger partial charge in [0, 0.05) is 9.50 Å². The fraction of sp³-hybridized carbons (Fsp3) is 0.0870. The van der Waals surface area contributed by atoms with E-state index in [0.717, 1.165) is 0 Å². The number of ether oxygens (including phenoxy) is 2. The van der Waals surface area contributed by atoms with E-state index < -0.39 is 18.0 Å². The lowest BCUT2D eigenvalue weighted by Gasteiger charge is -2.12. The number of amides is 1. The smallest absolute Gasteiger partial charge is 0.344 e. The minimum Gasteiger partial charge on any atom is -0.481 e. The van der Waals surface area contributed by atoms with Gasteiger partial charge in [0.25, 0.3) is 5.91 Å². The maximum absolute atomic E-state index is 12.2. The molecule has 0 aromatic heterocycles. The Labute approximate surface area is 193 Å². The van der Waals surface area contributed by atoms with Crippen LogP contribution in [0.15, 0.2) is 82.4 Å². The second kappa shape index (κ2) is 10.7. The lowest BCUT2D eigenvalue weighted by molar-refractivity contribution is -0.127. The van der Waals surface area contributed by atoms with E-state index in [4.69, 9.17) is 21.1 Å². The second-order valence-corrected chi connectivity index (χ2v) is 7.68. The Kier molecular flexibility index (Phi) is 7.81. The van der Waals surface area contributed by atoms with Crippen LogP contribution in [-0.4, -0.2) is 24.2 Å². The first-order valence-corrected chi connectivity index (χ1v) is 10.4. The van der Waals surface area contributed by atoms with E-state index in [1.54, 1.807) is 73.7 Å². The molecule has 0 aliphatic heterocycles. The summed E-state index contributed by atoms with van der Waals surface area (Å²) < 4.78 is 11.6. The number of nitrogens with one attached hydrogen (secondary N) is 1. The number of hydrogen-bond donors (Lipinski definition) is 1. The predicted molar refractivity (Wildman–Crippen MR) is 123 cm³/mol. The van der Waals surface area contributed by atoms with Crippen molar-refractivity contribution in [3.05, 3.63) is 93.4 Å². The summed E-state index contributed by atoms with van der Waals surface area (Å²) in [6, 6.07) is 20.5. The van der Waals surface area contributed by atoms with E-state index in [1.165, 1.54) is 6.21 Å². The molecule has 158 valence electrons. The number of benzene rings is 3. The zero-order valence-corrected chi connectivity index (χ0v) is 18.8. The van der Waals surface area contributed by atoms with Crippen LogP contribution >= 0.6 is 27.5 Å². The maximum Gasteiger partial charge on any atom is 0.344 e. The topological polar surface area (TPSA) is 77.0 Å². The Bertz CT molecular complexity index is 1090. The van der Waals surface area contributed by atoms with Gasteiger partial charge in [-0.1, -0.05) is 23.7 Å². The first-order valence-electron chi connectivity index (χ1n) is 9.24. The van der Waals surface area contributed by atoms with Crippen LogP contribution in [0.5, 0.6) is 11.5 Å². The van der Waals surface area contributed by atoms with Gasteiger partial charge < -0.3 is 9.47 Å². The average molecular weight is 502 g/mol. The summed E-state index contributed by atoms with van der Waals surface area (Å²) in [5, 5.41) is 4.51. The van der Waals surface area contributed by atoms with Crippen molar-refractivity contribution in [2.45, 2.75) is 13.0 Å². The number of carbonyl (C=O) groups is 2. The molecule has 3 aromatic rings. The molecule has 0 heterocycles. The summed E-state index contributed by atoms with van der Waals surface area (Å²) >= 11 is 9.15. The third kappa shape index (κ3) is 6.67. The molecule has 0 spiro atoms. The molecule has 6 nitrogen and oxygen atoms in total. The van der Waals surface area contributed by atoms with E-state index in [2.05, 4.69) is 26.5 Å². The molecule has 31 heavy (non-hydrogen) atoms. The molecule has 0 aliphatic carbocycles. The molecule has 0 saturated carbocycles. The maximum atomic E-state index is 12.2. The van der Waals surface area contributed by atoms with Crippen LogP contribution in [0.1, 0.15) is 22.8 Å². The quantitative estimate of drug-likeness (QED) is 0.208. The Morgan fingerprint density at radius 2 is 1.65 bits per heavy atom. The highest BCUT2D eigenvalue weighted by atomic mass is 79.9. The molecule has 0 radical (unpaired) electrons. The SMILES string of the molecule is C[C@H](Oc1ccc(Cl)cc1)C(=O)N/N=C\c1ccc(OC(=O)c2ccccc2Br)cc1. The predicted octanol–water partition coefficient (Wildman–Crippen LogP) is 5.24. The fourth-order valence-electron chi connectivity index (χ4n) is 2.44. The zero-order valence-electron chi connectivity index (χ0n) is 16.4. The van der Waals surface area contributed by atoms with Gasteiger partial charge >= 0.3 is 5.97 Å². The van der Waals surface area contributed by atoms with E-state index in [1.807, 2.05) is 6.07 Å². The Hall–Kier alpha value is -3.16. The zero-order chi connectivity index (χ0) is 22.2. The Morgan fingerprint density at radius 3 is 2.32 bits per heavy atom. The number of nitrogens with zero attached hydrogens (tertiary/aromatic N) is 1. The lowest BCUT2D eigenvalue weighted by Crippen LogP contribution is -2.33. The molecule has 0 unspecified atom stereocenters. The number of hydrazone groups is 1. The minimum absolute atomic E-state index is 0.395. The summed E-state index contributed by atoms with van der Waals surface area (Å²) in [6.07, 6.45) is 0.740. The standard InChI is InChI=1S/C23H18BrClN2O4/c1-15(30-18-12-8-17(25)9-13-18)22(28)27-26-14-16-6-10-19(11-7-16)31-23(29)20-4-2-3-5-21(20)24/h2-15H,1H3,(H,27,28)/b26-14-/t15-/m0/s1. The molecule has 1 N–H and O–H groups in total. The number of hydrogen-bond acceptors (Lipinski definition) is 5. The van der Waals surface area contributed by atoms with Crippen LogP contribution in [0, 0.1) is 0 Å². The third-order valence-electron chi connectivity index (χ3n) is 4.07. The summed E-state index contributed by atoms with van der Waals surface area (Å²) in [5.74, 6) is 0.0663. The molecule has 1 atom stereocenters. The number of rotatable bonds is 7. The van der Waals surface area contributed by atoms with Crippen molar-refractivity contribution in [1.29, 1.82) is 0 Å². The van der Waals surface area contributed by atoms with Crippen molar-refractivity contribution in [3.8, 4) is 11.5 Å². The minimum atomic E-state index is -0.738. The van der Waals surface area contributed by atoms with Gasteiger partial charge in [0.05, 0.1) is 11.8 Å². The van der Waals surface area contributed by atoms with Crippen molar-refractivity contribution in [2.24, 2.45) is 5.10 Å². The van der Waals surface area contributed by atoms with Crippen LogP contribution in [0.3, 0.4) is 0 Å². The van der Waals surface area contributed by atoms with Gasteiger partial charge in [-0.15, -0.1) is 0 Å². The summed E-state index contributed by atoms with van der Waals surface area (Å²) in [7, 11) is 0. The summed E-state index contributed by atoms with van der Waals surface area (Å²) in [6.45, 7) is 1.62. The first kappa shape index (κ1) is 22.5. The van der Waals surface area contributed by atoms with Gasteiger partial charge in [0.2, 0.25) is 0 Å². The lowest BCUT2D eigenvalue weighted by atomic mass is 10.2. The monoisotopic (exact) mass is 500 g/mol. The van der Waals surface area contributed by atoms with Crippen molar-refractivity contribution < 1.29 is 19.1 Å². The van der Waals surface area contributed by atoms with Crippen LogP contribution in [0.4, 0.5) is 0 Å². The number of halogens is 2. The van der Waals surface area contributed by atoms with Crippen LogP contribution in [-0.2, 0) is 4.79 Å². The van der Waals surface area contributed by atoms with E-state index in [9.17, 15) is 9.59 Å². The molecule has 3 rings (SSSR count). The molecule has 8 heteroatoms. The van der Waals surface area contributed by atoms with Gasteiger partial charge in [0.15, 0.2) is 6.10 Å². The van der Waals surface area contributed by atoms with Gasteiger partial charge in [-0.05, 0) is 89.1 Å². The molecule has 0 fully saturated rings. The third-order valence-corrected chi connectivity index (χ3v) is 5.01. The average Bonchev–Trinajstić information content (AvgIpc) is 2.76. The van der Waals surface area contributed by atoms with Crippen LogP contribution < -0.4 is 14.9 Å². The molecular formula is C23H18BrClN2O4. The largest absolute Gasteiger partial charge is 0.481 e. The summed E-state index contributed by atoms with van der Waals surface area (Å²) in [5.41, 5.74) is 3.58. The molecule has 1 amide bonds. The van der Waals surface area contributed by atoms with Crippen molar-refractivity contribution in [3.63, 3.8) is 0 Å². The van der Waals surface area contributed by atoms with Gasteiger partial charge in [-0.25, -0.2) is 10.2 Å². The van der Waals surface area contributed by atoms with Crippen molar-refractivity contribution in [2.75, 3.05) is 0 Å². The highest BCUT2D eigenvalue weighted by Crippen LogP contribution is 2.19. The Morgan fingerprint density at radius 1 is 1.00 bits per heavy atom. The highest BCUT2D eigenvalue weighted by molar-refractivity contribution is 9.10. The number of carbonyl (C=O) groups excluding carboxylic acids is 2. The fourth-order valence-corrected chi connectivity index (χ4v) is 3.02. The second-order valence-electron chi connectivity index (χ2n) is 6.39. The van der Waals surface area contributed by atoms with Gasteiger partial charge in [-0.3, -0.25) is 4.79 Å². The van der Waals surface area contributed by atoms with Gasteiger partial charge in [0.1, 0.15) is 11.5 Å². The van der Waals surface area contributed by atoms with Gasteiger partial charge in [-0.2, -0.15) is 5.10 Å². The molecule has 3 aromatic carbocycles. The van der Waals surface area contributed by atoms with Crippen molar-refractivity contribution >= 4 is 45.6 Å². The van der Waals surface area contributed by atoms with Crippen LogP contribution in [0.25, 0.3) is 0 Å². The molecule has 0 saturated heterocycles. The molecular weight excluding hydrogens is 484 g/mol. The van der Waals surface area contributed by atoms with E-state index >= 15 is 0 Å². The Balaban J connectivity index is 1.51. The van der Waals surface area contributed by atoms with E-state index in [-0.39, 0.29) is 0 Å². The normalized spacial score (nSPS) is 11.7. The number of esters is 1. The molecule has 0 bridgehead atoms. The van der Waals surface area contributed by atoms with Crippen molar-refractivity contribution in [1.82, 2.24) is 5.43 Å².